The zero-order chi connectivity index (χ0) is 5.98. The summed E-state index contributed by atoms with van der Waals surface area (Å²) in [6.45, 7) is 4.16. The molecular formula is C5H12N2O. The normalized spacial score (nSPS) is 31.5. The molecule has 1 aliphatic rings. The second-order valence-electron chi connectivity index (χ2n) is 2.39. The van der Waals surface area contributed by atoms with E-state index < -0.39 is 0 Å². The third-order valence-electron chi connectivity index (χ3n) is 1.54. The second kappa shape index (κ2) is 2.44. The van der Waals surface area contributed by atoms with E-state index in [1.54, 1.807) is 5.06 Å². The summed E-state index contributed by atoms with van der Waals surface area (Å²) in [5.41, 5.74) is 0. The monoisotopic (exact) mass is 116 g/mol. The van der Waals surface area contributed by atoms with E-state index >= 15 is 0 Å². The summed E-state index contributed by atoms with van der Waals surface area (Å²) >= 11 is 0. The maximum Gasteiger partial charge on any atom is 0.0285 e. The molecule has 1 saturated heterocycles. The van der Waals surface area contributed by atoms with E-state index in [-0.39, 0.29) is 0 Å². The Kier molecular flexibility index (Phi) is 1.83. The smallest absolute Gasteiger partial charge is 0.0285 e. The average molecular weight is 116 g/mol. The van der Waals surface area contributed by atoms with Crippen molar-refractivity contribution in [2.24, 2.45) is 11.8 Å². The molecule has 0 radical (unpaired) electrons. The van der Waals surface area contributed by atoms with Crippen LogP contribution in [0.4, 0.5) is 0 Å². The van der Waals surface area contributed by atoms with Crippen LogP contribution in [0.2, 0.25) is 0 Å². The van der Waals surface area contributed by atoms with Gasteiger partial charge in [-0.15, -0.1) is 0 Å². The summed E-state index contributed by atoms with van der Waals surface area (Å²) in [5.74, 6) is 5.67. The van der Waals surface area contributed by atoms with Crippen LogP contribution in [0.25, 0.3) is 0 Å². The number of nitrogens with two attached hydrogens (primary N) is 1. The first kappa shape index (κ1) is 6.01. The first-order valence-corrected chi connectivity index (χ1v) is 2.94. The standard InChI is InChI=1S/C5H12N2O/c1-5-2-3-7(4-5)8-6/h5H,2-4,6H2,1H3/t5-/m0/s1. The molecule has 3 nitrogen and oxygen atoms in total. The molecule has 0 aromatic rings. The topological polar surface area (TPSA) is 38.5 Å². The molecule has 3 heteroatoms. The summed E-state index contributed by atoms with van der Waals surface area (Å²) in [7, 11) is 0. The molecule has 48 valence electrons. The van der Waals surface area contributed by atoms with Crippen molar-refractivity contribution in [2.45, 2.75) is 13.3 Å². The minimum Gasteiger partial charge on any atom is -0.214 e. The van der Waals surface area contributed by atoms with Gasteiger partial charge < -0.3 is 0 Å². The first-order valence-electron chi connectivity index (χ1n) is 2.94. The summed E-state index contributed by atoms with van der Waals surface area (Å²) in [6.07, 6.45) is 1.21. The molecule has 1 rings (SSSR count). The maximum absolute atomic E-state index is 4.92. The average Bonchev–Trinajstić information content (AvgIpc) is 2.14. The van der Waals surface area contributed by atoms with Gasteiger partial charge in [-0.05, 0) is 12.3 Å². The van der Waals surface area contributed by atoms with Crippen molar-refractivity contribution in [1.29, 1.82) is 0 Å². The Morgan fingerprint density at radius 1 is 1.75 bits per heavy atom. The summed E-state index contributed by atoms with van der Waals surface area (Å²) < 4.78 is 0. The van der Waals surface area contributed by atoms with Gasteiger partial charge in [0.15, 0.2) is 0 Å². The lowest BCUT2D eigenvalue weighted by atomic mass is 10.2. The van der Waals surface area contributed by atoms with Crippen LogP contribution in [0.3, 0.4) is 0 Å². The number of hydrogen-bond donors (Lipinski definition) is 1. The molecule has 0 spiro atoms. The molecular weight excluding hydrogens is 104 g/mol. The Labute approximate surface area is 49.3 Å². The molecule has 0 bridgehead atoms. The molecule has 0 aliphatic carbocycles. The van der Waals surface area contributed by atoms with E-state index in [2.05, 4.69) is 11.9 Å². The Hall–Kier alpha value is -0.120. The molecule has 0 saturated carbocycles. The zero-order valence-electron chi connectivity index (χ0n) is 5.13. The van der Waals surface area contributed by atoms with Crippen molar-refractivity contribution in [3.05, 3.63) is 0 Å². The van der Waals surface area contributed by atoms with Gasteiger partial charge in [-0.1, -0.05) is 6.92 Å². The van der Waals surface area contributed by atoms with Crippen molar-refractivity contribution in [3.63, 3.8) is 0 Å². The summed E-state index contributed by atoms with van der Waals surface area (Å²) in [4.78, 5) is 4.51. The van der Waals surface area contributed by atoms with Crippen LogP contribution in [0.1, 0.15) is 13.3 Å². The van der Waals surface area contributed by atoms with Gasteiger partial charge in [-0.2, -0.15) is 11.0 Å². The van der Waals surface area contributed by atoms with Crippen LogP contribution in [0, 0.1) is 5.92 Å². The van der Waals surface area contributed by atoms with Gasteiger partial charge in [0.2, 0.25) is 0 Å². The van der Waals surface area contributed by atoms with Crippen molar-refractivity contribution < 1.29 is 4.94 Å². The highest BCUT2D eigenvalue weighted by molar-refractivity contribution is 4.64. The van der Waals surface area contributed by atoms with E-state index in [1.165, 1.54) is 6.42 Å². The van der Waals surface area contributed by atoms with Gasteiger partial charge in [-0.25, -0.2) is 4.94 Å². The third kappa shape index (κ3) is 1.18. The zero-order valence-corrected chi connectivity index (χ0v) is 5.13. The number of hydroxylamine groups is 2. The highest BCUT2D eigenvalue weighted by Crippen LogP contribution is 2.13. The lowest BCUT2D eigenvalue weighted by molar-refractivity contribution is -0.148. The molecule has 0 unspecified atom stereocenters. The Bertz CT molecular complexity index is 76.8. The van der Waals surface area contributed by atoms with Gasteiger partial charge in [-0.3, -0.25) is 0 Å². The third-order valence-corrected chi connectivity index (χ3v) is 1.54. The minimum absolute atomic E-state index is 0.749. The van der Waals surface area contributed by atoms with E-state index in [1.807, 2.05) is 0 Å². The van der Waals surface area contributed by atoms with Gasteiger partial charge in [0.05, 0.1) is 0 Å². The Balaban J connectivity index is 2.22. The molecule has 0 amide bonds. The lowest BCUT2D eigenvalue weighted by Gasteiger charge is -2.08. The molecule has 2 N–H and O–H groups in total. The van der Waals surface area contributed by atoms with Crippen molar-refractivity contribution >= 4 is 0 Å². The molecule has 1 fully saturated rings. The number of nitrogens with zero attached hydrogens (tertiary/aromatic N) is 1. The second-order valence-corrected chi connectivity index (χ2v) is 2.39. The summed E-state index contributed by atoms with van der Waals surface area (Å²) in [6, 6.07) is 0. The predicted molar refractivity (Wildman–Crippen MR) is 30.6 cm³/mol. The van der Waals surface area contributed by atoms with E-state index in [0.29, 0.717) is 0 Å². The van der Waals surface area contributed by atoms with Crippen LogP contribution in [-0.4, -0.2) is 18.2 Å². The number of rotatable bonds is 1. The fourth-order valence-corrected chi connectivity index (χ4v) is 0.990. The molecule has 0 aromatic carbocycles. The lowest BCUT2D eigenvalue weighted by Crippen LogP contribution is -2.24. The minimum atomic E-state index is 0.749. The van der Waals surface area contributed by atoms with Crippen LogP contribution in [0.5, 0.6) is 0 Å². The fourth-order valence-electron chi connectivity index (χ4n) is 0.990. The Morgan fingerprint density at radius 2 is 2.50 bits per heavy atom. The quantitative estimate of drug-likeness (QED) is 0.495. The van der Waals surface area contributed by atoms with Crippen LogP contribution in [0.15, 0.2) is 0 Å². The predicted octanol–water partition coefficient (Wildman–Crippen LogP) is 0.134. The van der Waals surface area contributed by atoms with Gasteiger partial charge in [0.25, 0.3) is 0 Å². The summed E-state index contributed by atoms with van der Waals surface area (Å²) in [5, 5.41) is 1.78. The molecule has 1 heterocycles. The Morgan fingerprint density at radius 3 is 2.75 bits per heavy atom. The van der Waals surface area contributed by atoms with Gasteiger partial charge in [0, 0.05) is 13.1 Å². The number of hydrogen-bond acceptors (Lipinski definition) is 3. The highest BCUT2D eigenvalue weighted by atomic mass is 16.8. The SMILES string of the molecule is C[C@H]1CCN(ON)C1. The fraction of sp³-hybridized carbons (Fsp3) is 1.00. The van der Waals surface area contributed by atoms with E-state index in [0.717, 1.165) is 19.0 Å². The molecule has 0 aromatic heterocycles. The van der Waals surface area contributed by atoms with Gasteiger partial charge in [0.1, 0.15) is 0 Å². The first-order chi connectivity index (χ1) is 3.83. The van der Waals surface area contributed by atoms with E-state index in [4.69, 9.17) is 5.90 Å². The van der Waals surface area contributed by atoms with E-state index in [9.17, 15) is 0 Å². The van der Waals surface area contributed by atoms with Gasteiger partial charge >= 0.3 is 0 Å². The molecule has 8 heavy (non-hydrogen) atoms. The van der Waals surface area contributed by atoms with Crippen molar-refractivity contribution in [3.8, 4) is 0 Å². The molecule has 1 aliphatic heterocycles. The van der Waals surface area contributed by atoms with Crippen molar-refractivity contribution in [1.82, 2.24) is 5.06 Å². The highest BCUT2D eigenvalue weighted by Gasteiger charge is 2.17. The molecule has 1 atom stereocenters. The largest absolute Gasteiger partial charge is 0.214 e. The van der Waals surface area contributed by atoms with Crippen LogP contribution in [-0.2, 0) is 4.94 Å². The maximum atomic E-state index is 4.92. The van der Waals surface area contributed by atoms with Crippen molar-refractivity contribution in [2.75, 3.05) is 13.1 Å². The van der Waals surface area contributed by atoms with Crippen LogP contribution < -0.4 is 5.90 Å². The van der Waals surface area contributed by atoms with Crippen LogP contribution >= 0.6 is 0 Å².